The number of sulfone groups is 1. The molecule has 0 aliphatic carbocycles. The molecule has 0 spiro atoms. The molecule has 0 aliphatic heterocycles. The van der Waals surface area contributed by atoms with Crippen LogP contribution in [0.2, 0.25) is 0 Å². The quantitative estimate of drug-likeness (QED) is 0.570. The van der Waals surface area contributed by atoms with Crippen LogP contribution in [0.15, 0.2) is 0 Å². The van der Waals surface area contributed by atoms with Gasteiger partial charge in [-0.05, 0) is 18.8 Å². The Bertz CT molecular complexity index is 387. The molecule has 0 aliphatic rings. The maximum Gasteiger partial charge on any atom is 0.226 e. The van der Waals surface area contributed by atoms with E-state index in [0.717, 1.165) is 6.26 Å². The highest BCUT2D eigenvalue weighted by molar-refractivity contribution is 8.06. The van der Waals surface area contributed by atoms with Gasteiger partial charge in [0.25, 0.3) is 0 Å². The first-order valence-corrected chi connectivity index (χ1v) is 8.63. The number of hydrogen-bond donors (Lipinski definition) is 2. The zero-order valence-electron chi connectivity index (χ0n) is 9.51. The van der Waals surface area contributed by atoms with E-state index in [1.807, 2.05) is 6.92 Å². The largest absolute Gasteiger partial charge is 0.396 e. The van der Waals surface area contributed by atoms with E-state index in [2.05, 4.69) is 4.72 Å². The summed E-state index contributed by atoms with van der Waals surface area (Å²) in [5.74, 6) is 0.124. The lowest BCUT2D eigenvalue weighted by Crippen LogP contribution is -2.30. The predicted octanol–water partition coefficient (Wildman–Crippen LogP) is -0.683. The van der Waals surface area contributed by atoms with Gasteiger partial charge in [0.1, 0.15) is 0 Å². The number of sulfonamides is 1. The molecule has 0 heterocycles. The van der Waals surface area contributed by atoms with Crippen LogP contribution in [0.5, 0.6) is 0 Å². The molecule has 1 unspecified atom stereocenters. The summed E-state index contributed by atoms with van der Waals surface area (Å²) in [6.45, 7) is 2.11. The maximum atomic E-state index is 11.2. The molecular weight excluding hydrogens is 254 g/mol. The average Bonchev–Trinajstić information content (AvgIpc) is 2.08. The highest BCUT2D eigenvalue weighted by Gasteiger charge is 2.17. The van der Waals surface area contributed by atoms with Gasteiger partial charge in [-0.25, -0.2) is 21.6 Å². The van der Waals surface area contributed by atoms with Crippen LogP contribution in [0.25, 0.3) is 0 Å². The van der Waals surface area contributed by atoms with Gasteiger partial charge in [-0.1, -0.05) is 6.92 Å². The number of aliphatic hydroxyl groups is 1. The molecule has 0 aromatic heterocycles. The summed E-state index contributed by atoms with van der Waals surface area (Å²) in [6.07, 6.45) is 2.14. The van der Waals surface area contributed by atoms with Crippen molar-refractivity contribution < 1.29 is 21.9 Å². The van der Waals surface area contributed by atoms with Crippen molar-refractivity contribution in [2.75, 3.05) is 24.5 Å². The van der Waals surface area contributed by atoms with Gasteiger partial charge in [0.15, 0.2) is 14.9 Å². The Hall–Kier alpha value is -0.180. The lowest BCUT2D eigenvalue weighted by atomic mass is 10.1. The van der Waals surface area contributed by atoms with Crippen molar-refractivity contribution in [2.45, 2.75) is 19.8 Å². The topological polar surface area (TPSA) is 101 Å². The van der Waals surface area contributed by atoms with Gasteiger partial charge >= 0.3 is 0 Å². The third-order valence-electron chi connectivity index (χ3n) is 1.88. The summed E-state index contributed by atoms with van der Waals surface area (Å²) in [7, 11) is -7.27. The van der Waals surface area contributed by atoms with Crippen molar-refractivity contribution in [3.05, 3.63) is 0 Å². The van der Waals surface area contributed by atoms with E-state index in [1.165, 1.54) is 0 Å². The number of hydrogen-bond acceptors (Lipinski definition) is 5. The van der Waals surface area contributed by atoms with E-state index in [1.54, 1.807) is 0 Å². The lowest BCUT2D eigenvalue weighted by molar-refractivity contribution is 0.228. The summed E-state index contributed by atoms with van der Waals surface area (Å²) in [6, 6.07) is 0. The SMILES string of the molecule is CC(CO)CCCNS(=O)(=O)CS(C)(=O)=O. The highest BCUT2D eigenvalue weighted by Crippen LogP contribution is 2.03. The lowest BCUT2D eigenvalue weighted by Gasteiger charge is -2.08. The normalized spacial score (nSPS) is 14.9. The van der Waals surface area contributed by atoms with E-state index in [-0.39, 0.29) is 19.1 Å². The van der Waals surface area contributed by atoms with E-state index < -0.39 is 24.9 Å². The first kappa shape index (κ1) is 15.8. The number of nitrogens with one attached hydrogen (secondary N) is 1. The molecule has 0 aromatic carbocycles. The first-order valence-electron chi connectivity index (χ1n) is 4.92. The smallest absolute Gasteiger partial charge is 0.226 e. The second kappa shape index (κ2) is 6.53. The molecule has 0 saturated carbocycles. The summed E-state index contributed by atoms with van der Waals surface area (Å²) < 4.78 is 46.2. The Morgan fingerprint density at radius 3 is 2.25 bits per heavy atom. The molecule has 0 amide bonds. The molecule has 1 atom stereocenters. The van der Waals surface area contributed by atoms with Crippen LogP contribution in [0.3, 0.4) is 0 Å². The van der Waals surface area contributed by atoms with E-state index >= 15 is 0 Å². The Balaban J connectivity index is 3.93. The Kier molecular flexibility index (Phi) is 6.46. The van der Waals surface area contributed by atoms with Crippen molar-refractivity contribution in [2.24, 2.45) is 5.92 Å². The van der Waals surface area contributed by atoms with E-state index in [4.69, 9.17) is 5.11 Å². The average molecular weight is 273 g/mol. The minimum atomic E-state index is -3.74. The van der Waals surface area contributed by atoms with Crippen LogP contribution >= 0.6 is 0 Å². The van der Waals surface area contributed by atoms with Crippen molar-refractivity contribution in [1.82, 2.24) is 4.72 Å². The van der Waals surface area contributed by atoms with Gasteiger partial charge in [0.2, 0.25) is 10.0 Å². The molecule has 0 radical (unpaired) electrons. The van der Waals surface area contributed by atoms with Gasteiger partial charge in [0, 0.05) is 19.4 Å². The fraction of sp³-hybridized carbons (Fsp3) is 1.00. The van der Waals surface area contributed by atoms with Crippen LogP contribution in [-0.2, 0) is 19.9 Å². The van der Waals surface area contributed by atoms with Gasteiger partial charge in [-0.2, -0.15) is 0 Å². The second-order valence-electron chi connectivity index (χ2n) is 3.98. The third-order valence-corrected chi connectivity index (χ3v) is 5.47. The Morgan fingerprint density at radius 2 is 1.81 bits per heavy atom. The van der Waals surface area contributed by atoms with Gasteiger partial charge in [-0.15, -0.1) is 0 Å². The minimum Gasteiger partial charge on any atom is -0.396 e. The molecule has 0 aromatic rings. The molecule has 2 N–H and O–H groups in total. The Labute approximate surface area is 97.0 Å². The molecule has 0 fully saturated rings. The zero-order valence-corrected chi connectivity index (χ0v) is 11.1. The predicted molar refractivity (Wildman–Crippen MR) is 62.1 cm³/mol. The highest BCUT2D eigenvalue weighted by atomic mass is 32.3. The first-order chi connectivity index (χ1) is 7.16. The molecule has 0 saturated heterocycles. The molecule has 16 heavy (non-hydrogen) atoms. The molecular formula is C8H19NO5S2. The molecule has 6 nitrogen and oxygen atoms in total. The second-order valence-corrected chi connectivity index (χ2v) is 8.30. The van der Waals surface area contributed by atoms with Crippen LogP contribution in [0, 0.1) is 5.92 Å². The summed E-state index contributed by atoms with van der Waals surface area (Å²) in [5, 5.41) is 7.85. The zero-order chi connectivity index (χ0) is 12.8. The molecule has 98 valence electrons. The van der Waals surface area contributed by atoms with Crippen molar-refractivity contribution >= 4 is 19.9 Å². The monoisotopic (exact) mass is 273 g/mol. The van der Waals surface area contributed by atoms with Crippen molar-refractivity contribution in [3.63, 3.8) is 0 Å². The van der Waals surface area contributed by atoms with E-state index in [0.29, 0.717) is 12.8 Å². The van der Waals surface area contributed by atoms with Crippen molar-refractivity contribution in [1.29, 1.82) is 0 Å². The molecule has 0 bridgehead atoms. The fourth-order valence-electron chi connectivity index (χ4n) is 1.09. The van der Waals surface area contributed by atoms with Crippen molar-refractivity contribution in [3.8, 4) is 0 Å². The third kappa shape index (κ3) is 9.08. The number of aliphatic hydroxyl groups excluding tert-OH is 1. The maximum absolute atomic E-state index is 11.2. The van der Waals surface area contributed by atoms with Crippen LogP contribution in [0.4, 0.5) is 0 Å². The standard InChI is InChI=1S/C8H19NO5S2/c1-8(6-10)4-3-5-9-16(13,14)7-15(2,11)12/h8-10H,3-7H2,1-2H3. The van der Waals surface area contributed by atoms with Crippen LogP contribution < -0.4 is 4.72 Å². The van der Waals surface area contributed by atoms with E-state index in [9.17, 15) is 16.8 Å². The minimum absolute atomic E-state index is 0.0656. The fourth-order valence-corrected chi connectivity index (χ4v) is 4.14. The summed E-state index contributed by atoms with van der Waals surface area (Å²) in [5.41, 5.74) is 0. The number of rotatable bonds is 8. The van der Waals surface area contributed by atoms with Crippen LogP contribution in [-0.4, -0.2) is 46.4 Å². The molecule has 8 heteroatoms. The van der Waals surface area contributed by atoms with Gasteiger partial charge < -0.3 is 5.11 Å². The van der Waals surface area contributed by atoms with Gasteiger partial charge in [-0.3, -0.25) is 0 Å². The Morgan fingerprint density at radius 1 is 1.25 bits per heavy atom. The van der Waals surface area contributed by atoms with Gasteiger partial charge in [0.05, 0.1) is 0 Å². The summed E-state index contributed by atoms with van der Waals surface area (Å²) >= 11 is 0. The summed E-state index contributed by atoms with van der Waals surface area (Å²) in [4.78, 5) is 0. The van der Waals surface area contributed by atoms with Crippen LogP contribution in [0.1, 0.15) is 19.8 Å². The molecule has 0 rings (SSSR count).